The van der Waals surface area contributed by atoms with Gasteiger partial charge in [0.1, 0.15) is 6.29 Å². The van der Waals surface area contributed by atoms with E-state index in [0.29, 0.717) is 0 Å². The van der Waals surface area contributed by atoms with Gasteiger partial charge in [-0.1, -0.05) is 51.9 Å². The minimum atomic E-state index is 0.236. The summed E-state index contributed by atoms with van der Waals surface area (Å²) in [5, 5.41) is 0. The van der Waals surface area contributed by atoms with E-state index in [1.54, 1.807) is 0 Å². The van der Waals surface area contributed by atoms with Gasteiger partial charge in [0.25, 0.3) is 0 Å². The van der Waals surface area contributed by atoms with Crippen molar-refractivity contribution in [2.45, 2.75) is 77.2 Å². The molecule has 0 aliphatic carbocycles. The normalized spacial score (nSPS) is 20.9. The third-order valence-electron chi connectivity index (χ3n) is 3.87. The van der Waals surface area contributed by atoms with Gasteiger partial charge in [-0.25, -0.2) is 0 Å². The van der Waals surface area contributed by atoms with E-state index in [1.807, 2.05) is 0 Å². The number of aldehydes is 1. The smallest absolute Gasteiger partial charge is 0.137 e. The van der Waals surface area contributed by atoms with Gasteiger partial charge in [0.15, 0.2) is 0 Å². The van der Waals surface area contributed by atoms with Crippen LogP contribution in [0.15, 0.2) is 0 Å². The summed E-state index contributed by atoms with van der Waals surface area (Å²) >= 11 is 0. The number of carbonyl (C=O) groups is 1. The number of hydrogen-bond acceptors (Lipinski definition) is 2. The second kappa shape index (κ2) is 9.64. The van der Waals surface area contributed by atoms with Crippen LogP contribution in [0.3, 0.4) is 0 Å². The average molecular weight is 239 g/mol. The molecular weight excluding hydrogens is 210 g/mol. The number of unbranched alkanes of at least 4 members (excludes halogenated alkanes) is 7. The summed E-state index contributed by atoms with van der Waals surface area (Å²) in [6, 6.07) is 0.236. The predicted molar refractivity (Wildman–Crippen MR) is 73.3 cm³/mol. The highest BCUT2D eigenvalue weighted by atomic mass is 16.1. The van der Waals surface area contributed by atoms with E-state index in [0.717, 1.165) is 25.8 Å². The number of rotatable bonds is 10. The first-order valence-electron chi connectivity index (χ1n) is 7.58. The summed E-state index contributed by atoms with van der Waals surface area (Å²) in [5.41, 5.74) is 0. The lowest BCUT2D eigenvalue weighted by Gasteiger charge is -2.19. The fourth-order valence-electron chi connectivity index (χ4n) is 2.73. The molecule has 0 N–H and O–H groups in total. The summed E-state index contributed by atoms with van der Waals surface area (Å²) in [6.45, 7) is 4.54. The molecule has 1 unspecified atom stereocenters. The van der Waals surface area contributed by atoms with Crippen LogP contribution in [-0.2, 0) is 4.79 Å². The predicted octanol–water partition coefficient (Wildman–Crippen LogP) is 3.79. The van der Waals surface area contributed by atoms with E-state index in [4.69, 9.17) is 0 Å². The number of likely N-dealkylation sites (tertiary alicyclic amines) is 1. The van der Waals surface area contributed by atoms with Gasteiger partial charge in [-0.2, -0.15) is 0 Å². The molecule has 1 rings (SSSR count). The lowest BCUT2D eigenvalue weighted by atomic mass is 10.1. The molecule has 2 nitrogen and oxygen atoms in total. The van der Waals surface area contributed by atoms with Crippen LogP contribution >= 0.6 is 0 Å². The van der Waals surface area contributed by atoms with Crippen molar-refractivity contribution < 1.29 is 4.79 Å². The van der Waals surface area contributed by atoms with Crippen LogP contribution in [0.5, 0.6) is 0 Å². The highest BCUT2D eigenvalue weighted by Crippen LogP contribution is 2.16. The quantitative estimate of drug-likeness (QED) is 0.427. The summed E-state index contributed by atoms with van der Waals surface area (Å²) < 4.78 is 0. The molecule has 2 heteroatoms. The lowest BCUT2D eigenvalue weighted by Crippen LogP contribution is -2.31. The number of carbonyl (C=O) groups excluding carboxylic acids is 1. The Kier molecular flexibility index (Phi) is 8.33. The Morgan fingerprint density at radius 2 is 1.71 bits per heavy atom. The zero-order valence-corrected chi connectivity index (χ0v) is 11.5. The van der Waals surface area contributed by atoms with Crippen molar-refractivity contribution in [1.29, 1.82) is 0 Å². The topological polar surface area (TPSA) is 20.3 Å². The van der Waals surface area contributed by atoms with Gasteiger partial charge in [0, 0.05) is 0 Å². The van der Waals surface area contributed by atoms with Crippen LogP contribution in [0, 0.1) is 0 Å². The molecule has 0 spiro atoms. The number of nitrogens with zero attached hydrogens (tertiary/aromatic N) is 1. The van der Waals surface area contributed by atoms with Gasteiger partial charge in [-0.05, 0) is 32.4 Å². The molecule has 0 aromatic heterocycles. The van der Waals surface area contributed by atoms with Gasteiger partial charge in [0.2, 0.25) is 0 Å². The van der Waals surface area contributed by atoms with E-state index in [2.05, 4.69) is 11.8 Å². The third kappa shape index (κ3) is 6.21. The molecule has 1 fully saturated rings. The summed E-state index contributed by atoms with van der Waals surface area (Å²) in [5.74, 6) is 0. The van der Waals surface area contributed by atoms with Crippen molar-refractivity contribution in [2.75, 3.05) is 13.1 Å². The monoisotopic (exact) mass is 239 g/mol. The Labute approximate surface area is 107 Å². The Bertz CT molecular complexity index is 193. The fourth-order valence-corrected chi connectivity index (χ4v) is 2.73. The van der Waals surface area contributed by atoms with Crippen LogP contribution < -0.4 is 0 Å². The maximum atomic E-state index is 10.8. The van der Waals surface area contributed by atoms with E-state index in [9.17, 15) is 4.79 Å². The van der Waals surface area contributed by atoms with Gasteiger partial charge in [-0.3, -0.25) is 4.90 Å². The van der Waals surface area contributed by atoms with Crippen molar-refractivity contribution in [3.63, 3.8) is 0 Å². The molecule has 0 bridgehead atoms. The Morgan fingerprint density at radius 3 is 2.35 bits per heavy atom. The Hall–Kier alpha value is -0.370. The highest BCUT2D eigenvalue weighted by molar-refractivity contribution is 5.58. The molecule has 17 heavy (non-hydrogen) atoms. The molecular formula is C15H29NO. The van der Waals surface area contributed by atoms with Gasteiger partial charge >= 0.3 is 0 Å². The summed E-state index contributed by atoms with van der Waals surface area (Å²) in [7, 11) is 0. The molecule has 0 amide bonds. The molecule has 100 valence electrons. The minimum Gasteiger partial charge on any atom is -0.302 e. The average Bonchev–Trinajstić information content (AvgIpc) is 2.80. The molecule has 1 atom stereocenters. The first-order chi connectivity index (χ1) is 8.38. The molecule has 0 aromatic carbocycles. The highest BCUT2D eigenvalue weighted by Gasteiger charge is 2.22. The Balaban J connectivity index is 1.88. The number of hydrogen-bond donors (Lipinski definition) is 0. The molecule has 0 aromatic rings. The fraction of sp³-hybridized carbons (Fsp3) is 0.933. The second-order valence-corrected chi connectivity index (χ2v) is 5.36. The Morgan fingerprint density at radius 1 is 1.06 bits per heavy atom. The molecule has 1 heterocycles. The largest absolute Gasteiger partial charge is 0.302 e. The second-order valence-electron chi connectivity index (χ2n) is 5.36. The van der Waals surface area contributed by atoms with Gasteiger partial charge < -0.3 is 4.79 Å². The summed E-state index contributed by atoms with van der Waals surface area (Å²) in [6.07, 6.45) is 14.4. The van der Waals surface area contributed by atoms with Crippen LogP contribution in [0.25, 0.3) is 0 Å². The lowest BCUT2D eigenvalue weighted by molar-refractivity contribution is -0.111. The maximum Gasteiger partial charge on any atom is 0.137 e. The molecule has 0 radical (unpaired) electrons. The van der Waals surface area contributed by atoms with E-state index < -0.39 is 0 Å². The molecule has 1 aliphatic heterocycles. The molecule has 1 aliphatic rings. The van der Waals surface area contributed by atoms with Crippen LogP contribution in [0.4, 0.5) is 0 Å². The van der Waals surface area contributed by atoms with Crippen LogP contribution in [-0.4, -0.2) is 30.3 Å². The third-order valence-corrected chi connectivity index (χ3v) is 3.87. The zero-order valence-electron chi connectivity index (χ0n) is 11.5. The van der Waals surface area contributed by atoms with Crippen molar-refractivity contribution in [3.8, 4) is 0 Å². The summed E-state index contributed by atoms with van der Waals surface area (Å²) in [4.78, 5) is 13.2. The zero-order chi connectivity index (χ0) is 12.3. The van der Waals surface area contributed by atoms with Crippen molar-refractivity contribution in [1.82, 2.24) is 4.90 Å². The van der Waals surface area contributed by atoms with Crippen LogP contribution in [0.1, 0.15) is 71.1 Å². The first-order valence-corrected chi connectivity index (χ1v) is 7.58. The molecule has 0 saturated carbocycles. The SMILES string of the molecule is CCCCCCCCCCN1CCCC1C=O. The first kappa shape index (κ1) is 14.7. The maximum absolute atomic E-state index is 10.8. The van der Waals surface area contributed by atoms with Crippen molar-refractivity contribution >= 4 is 6.29 Å². The minimum absolute atomic E-state index is 0.236. The van der Waals surface area contributed by atoms with E-state index >= 15 is 0 Å². The van der Waals surface area contributed by atoms with E-state index in [1.165, 1.54) is 57.8 Å². The van der Waals surface area contributed by atoms with Gasteiger partial charge in [0.05, 0.1) is 6.04 Å². The van der Waals surface area contributed by atoms with E-state index in [-0.39, 0.29) is 6.04 Å². The standard InChI is InChI=1S/C15H29NO/c1-2-3-4-5-6-7-8-9-12-16-13-10-11-15(16)14-17/h14-15H,2-13H2,1H3. The van der Waals surface area contributed by atoms with Gasteiger partial charge in [-0.15, -0.1) is 0 Å². The van der Waals surface area contributed by atoms with Crippen molar-refractivity contribution in [3.05, 3.63) is 0 Å². The molecule has 1 saturated heterocycles. The van der Waals surface area contributed by atoms with Crippen LogP contribution in [0.2, 0.25) is 0 Å². The van der Waals surface area contributed by atoms with Crippen molar-refractivity contribution in [2.24, 2.45) is 0 Å².